The van der Waals surface area contributed by atoms with Gasteiger partial charge in [-0.05, 0) is 52.1 Å². The molecule has 0 amide bonds. The van der Waals surface area contributed by atoms with E-state index in [0.717, 1.165) is 12.0 Å². The fraction of sp³-hybridized carbons (Fsp3) is 1.00. The fourth-order valence-corrected chi connectivity index (χ4v) is 2.73. The Morgan fingerprint density at radius 1 is 1.29 bits per heavy atom. The molecule has 0 spiro atoms. The normalized spacial score (nSPS) is 37.5. The van der Waals surface area contributed by atoms with E-state index >= 15 is 0 Å². The van der Waals surface area contributed by atoms with Crippen molar-refractivity contribution in [1.82, 2.24) is 10.2 Å². The van der Waals surface area contributed by atoms with Crippen molar-refractivity contribution in [3.8, 4) is 0 Å². The zero-order valence-corrected chi connectivity index (χ0v) is 9.84. The first-order valence-electron chi connectivity index (χ1n) is 6.11. The fourth-order valence-electron chi connectivity index (χ4n) is 2.73. The summed E-state index contributed by atoms with van der Waals surface area (Å²) in [6, 6.07) is 0.757. The van der Waals surface area contributed by atoms with E-state index in [1.165, 1.54) is 38.9 Å². The lowest BCUT2D eigenvalue weighted by molar-refractivity contribution is 0.0583. The second-order valence-corrected chi connectivity index (χ2v) is 5.63. The molecule has 0 aromatic carbocycles. The molecule has 82 valence electrons. The number of hydrogen-bond donors (Lipinski definition) is 1. The Kier molecular flexibility index (Phi) is 2.85. The summed E-state index contributed by atoms with van der Waals surface area (Å²) >= 11 is 0. The van der Waals surface area contributed by atoms with Crippen LogP contribution in [0.1, 0.15) is 40.0 Å². The monoisotopic (exact) mass is 196 g/mol. The highest BCUT2D eigenvalue weighted by molar-refractivity contribution is 4.94. The summed E-state index contributed by atoms with van der Waals surface area (Å²) in [7, 11) is 0. The largest absolute Gasteiger partial charge is 0.308 e. The first kappa shape index (κ1) is 10.4. The van der Waals surface area contributed by atoms with Gasteiger partial charge >= 0.3 is 0 Å². The zero-order chi connectivity index (χ0) is 10.2. The first-order chi connectivity index (χ1) is 6.61. The number of nitrogens with one attached hydrogen (secondary N) is 1. The average Bonchev–Trinajstić information content (AvgIpc) is 2.19. The Labute approximate surface area is 88.1 Å². The third-order valence-electron chi connectivity index (χ3n) is 4.12. The van der Waals surface area contributed by atoms with Gasteiger partial charge in [0.15, 0.2) is 0 Å². The summed E-state index contributed by atoms with van der Waals surface area (Å²) in [6.07, 6.45) is 4.05. The molecule has 2 bridgehead atoms. The van der Waals surface area contributed by atoms with Crippen molar-refractivity contribution in [1.29, 1.82) is 0 Å². The number of nitrogens with zero attached hydrogens (tertiary/aromatic N) is 1. The van der Waals surface area contributed by atoms with Gasteiger partial charge in [-0.15, -0.1) is 0 Å². The molecule has 3 rings (SSSR count). The molecule has 14 heavy (non-hydrogen) atoms. The third kappa shape index (κ3) is 2.12. The lowest BCUT2D eigenvalue weighted by Gasteiger charge is -2.47. The molecule has 1 N–H and O–H groups in total. The Hall–Kier alpha value is -0.0800. The standard InChI is InChI=1S/C12H24N2/c1-4-12(2,3)13-11-9-14-7-5-10(11)6-8-14/h10-11,13H,4-9H2,1-3H3/t11-/m1/s1. The Balaban J connectivity index is 1.92. The van der Waals surface area contributed by atoms with E-state index in [9.17, 15) is 0 Å². The van der Waals surface area contributed by atoms with Gasteiger partial charge in [0.25, 0.3) is 0 Å². The summed E-state index contributed by atoms with van der Waals surface area (Å²) in [5.41, 5.74) is 0.323. The Bertz CT molecular complexity index is 192. The van der Waals surface area contributed by atoms with Crippen LogP contribution in [0.3, 0.4) is 0 Å². The zero-order valence-electron chi connectivity index (χ0n) is 9.84. The average molecular weight is 196 g/mol. The maximum Gasteiger partial charge on any atom is 0.0229 e. The van der Waals surface area contributed by atoms with E-state index in [2.05, 4.69) is 31.0 Å². The highest BCUT2D eigenvalue weighted by Crippen LogP contribution is 2.29. The molecule has 2 nitrogen and oxygen atoms in total. The first-order valence-corrected chi connectivity index (χ1v) is 6.11. The van der Waals surface area contributed by atoms with Crippen LogP contribution in [0, 0.1) is 5.92 Å². The SMILES string of the molecule is CCC(C)(C)N[C@@H]1CN2CCC1CC2. The molecule has 2 heteroatoms. The topological polar surface area (TPSA) is 15.3 Å². The van der Waals surface area contributed by atoms with Crippen LogP contribution in [0.25, 0.3) is 0 Å². The second-order valence-electron chi connectivity index (χ2n) is 5.63. The van der Waals surface area contributed by atoms with Crippen LogP contribution in [-0.4, -0.2) is 36.1 Å². The van der Waals surface area contributed by atoms with Crippen LogP contribution in [0.5, 0.6) is 0 Å². The van der Waals surface area contributed by atoms with E-state index in [4.69, 9.17) is 0 Å². The van der Waals surface area contributed by atoms with Crippen LogP contribution >= 0.6 is 0 Å². The predicted molar refractivity (Wildman–Crippen MR) is 60.5 cm³/mol. The van der Waals surface area contributed by atoms with Crippen LogP contribution in [0.2, 0.25) is 0 Å². The number of piperidine rings is 3. The lowest BCUT2D eigenvalue weighted by atomic mass is 9.82. The van der Waals surface area contributed by atoms with Gasteiger partial charge in [-0.1, -0.05) is 6.92 Å². The summed E-state index contributed by atoms with van der Waals surface area (Å²) in [4.78, 5) is 2.61. The maximum absolute atomic E-state index is 3.83. The lowest BCUT2D eigenvalue weighted by Crippen LogP contribution is -2.60. The van der Waals surface area contributed by atoms with Gasteiger partial charge in [-0.25, -0.2) is 0 Å². The minimum absolute atomic E-state index is 0.323. The highest BCUT2D eigenvalue weighted by Gasteiger charge is 2.35. The van der Waals surface area contributed by atoms with Gasteiger partial charge in [0.05, 0.1) is 0 Å². The molecule has 3 fully saturated rings. The molecule has 0 unspecified atom stereocenters. The molecule has 0 aromatic rings. The van der Waals surface area contributed by atoms with Crippen LogP contribution in [-0.2, 0) is 0 Å². The van der Waals surface area contributed by atoms with Gasteiger partial charge in [0.1, 0.15) is 0 Å². The summed E-state index contributed by atoms with van der Waals surface area (Å²) in [5.74, 6) is 0.950. The van der Waals surface area contributed by atoms with Crippen molar-refractivity contribution in [2.75, 3.05) is 19.6 Å². The number of rotatable bonds is 3. The van der Waals surface area contributed by atoms with Crippen LogP contribution < -0.4 is 5.32 Å². The smallest absolute Gasteiger partial charge is 0.0229 e. The predicted octanol–water partition coefficient (Wildman–Crippen LogP) is 1.86. The molecule has 1 atom stereocenters. The van der Waals surface area contributed by atoms with Crippen molar-refractivity contribution in [2.45, 2.75) is 51.6 Å². The minimum atomic E-state index is 0.323. The van der Waals surface area contributed by atoms with E-state index in [0.29, 0.717) is 5.54 Å². The van der Waals surface area contributed by atoms with Crippen LogP contribution in [0.15, 0.2) is 0 Å². The van der Waals surface area contributed by atoms with Crippen molar-refractivity contribution < 1.29 is 0 Å². The van der Waals surface area contributed by atoms with Gasteiger partial charge < -0.3 is 10.2 Å². The number of fused-ring (bicyclic) bond motifs is 3. The molecule has 3 aliphatic heterocycles. The summed E-state index contributed by atoms with van der Waals surface area (Å²) < 4.78 is 0. The van der Waals surface area contributed by atoms with Gasteiger partial charge in [-0.2, -0.15) is 0 Å². The Morgan fingerprint density at radius 2 is 1.93 bits per heavy atom. The molecule has 3 aliphatic rings. The van der Waals surface area contributed by atoms with Crippen molar-refractivity contribution in [3.05, 3.63) is 0 Å². The molecule has 0 aromatic heterocycles. The minimum Gasteiger partial charge on any atom is -0.308 e. The summed E-state index contributed by atoms with van der Waals surface area (Å²) in [6.45, 7) is 10.9. The van der Waals surface area contributed by atoms with E-state index in [1.807, 2.05) is 0 Å². The second kappa shape index (κ2) is 3.82. The van der Waals surface area contributed by atoms with E-state index < -0.39 is 0 Å². The molecule has 3 saturated heterocycles. The highest BCUT2D eigenvalue weighted by atomic mass is 15.2. The van der Waals surface area contributed by atoms with Gasteiger partial charge in [0, 0.05) is 18.1 Å². The maximum atomic E-state index is 3.83. The quantitative estimate of drug-likeness (QED) is 0.741. The summed E-state index contributed by atoms with van der Waals surface area (Å²) in [5, 5.41) is 3.83. The van der Waals surface area contributed by atoms with Gasteiger partial charge in [-0.3, -0.25) is 0 Å². The number of hydrogen-bond acceptors (Lipinski definition) is 2. The van der Waals surface area contributed by atoms with Crippen molar-refractivity contribution in [2.24, 2.45) is 5.92 Å². The Morgan fingerprint density at radius 3 is 2.36 bits per heavy atom. The molecule has 0 radical (unpaired) electrons. The molecular weight excluding hydrogens is 172 g/mol. The van der Waals surface area contributed by atoms with E-state index in [1.54, 1.807) is 0 Å². The van der Waals surface area contributed by atoms with Crippen molar-refractivity contribution in [3.63, 3.8) is 0 Å². The molecule has 0 aliphatic carbocycles. The van der Waals surface area contributed by atoms with Gasteiger partial charge in [0.2, 0.25) is 0 Å². The molecule has 3 heterocycles. The van der Waals surface area contributed by atoms with E-state index in [-0.39, 0.29) is 0 Å². The third-order valence-corrected chi connectivity index (χ3v) is 4.12. The van der Waals surface area contributed by atoms with Crippen molar-refractivity contribution >= 4 is 0 Å². The molecule has 0 saturated carbocycles. The van der Waals surface area contributed by atoms with Crippen LogP contribution in [0.4, 0.5) is 0 Å². The molecular formula is C12H24N2.